The van der Waals surface area contributed by atoms with E-state index in [1.165, 1.54) is 25.0 Å². The Morgan fingerprint density at radius 3 is 2.85 bits per heavy atom. The molecule has 2 N–H and O–H groups in total. The lowest BCUT2D eigenvalue weighted by molar-refractivity contribution is 0.0732. The van der Waals surface area contributed by atoms with Gasteiger partial charge in [-0.25, -0.2) is 9.98 Å². The maximum atomic E-state index is 5.29. The fourth-order valence-electron chi connectivity index (χ4n) is 3.56. The largest absolute Gasteiger partial charge is 0.385 e. The molecule has 0 saturated heterocycles. The lowest BCUT2D eigenvalue weighted by Gasteiger charge is -2.42. The number of fused-ring (bicyclic) bond motifs is 1. The van der Waals surface area contributed by atoms with Crippen LogP contribution in [-0.4, -0.2) is 42.2 Å². The first-order valence-electron chi connectivity index (χ1n) is 9.60. The monoisotopic (exact) mass is 357 g/mol. The molecule has 0 bridgehead atoms. The Morgan fingerprint density at radius 1 is 1.35 bits per heavy atom. The van der Waals surface area contributed by atoms with E-state index in [0.717, 1.165) is 43.4 Å². The Kier molecular flexibility index (Phi) is 6.14. The molecule has 2 aromatic heterocycles. The van der Waals surface area contributed by atoms with Crippen molar-refractivity contribution in [3.8, 4) is 0 Å². The quantitative estimate of drug-likeness (QED) is 0.563. The molecule has 3 rings (SSSR count). The molecule has 142 valence electrons. The molecule has 0 unspecified atom stereocenters. The van der Waals surface area contributed by atoms with Crippen molar-refractivity contribution in [2.45, 2.75) is 46.1 Å². The van der Waals surface area contributed by atoms with Gasteiger partial charge in [0.1, 0.15) is 5.65 Å². The molecule has 0 aromatic carbocycles. The van der Waals surface area contributed by atoms with Gasteiger partial charge in [0.05, 0.1) is 12.2 Å². The number of hydrogen-bond acceptors (Lipinski definition) is 3. The molecule has 26 heavy (non-hydrogen) atoms. The minimum absolute atomic E-state index is 0.367. The van der Waals surface area contributed by atoms with E-state index < -0.39 is 0 Å². The molecule has 1 aliphatic rings. The summed E-state index contributed by atoms with van der Waals surface area (Å²) in [6.07, 6.45) is 7.05. The van der Waals surface area contributed by atoms with Gasteiger partial charge in [-0.1, -0.05) is 12.5 Å². The van der Waals surface area contributed by atoms with Crippen LogP contribution in [0.2, 0.25) is 0 Å². The van der Waals surface area contributed by atoms with Gasteiger partial charge in [0.25, 0.3) is 0 Å². The molecule has 6 heteroatoms. The van der Waals surface area contributed by atoms with Crippen LogP contribution in [0.25, 0.3) is 5.65 Å². The predicted molar refractivity (Wildman–Crippen MR) is 106 cm³/mol. The summed E-state index contributed by atoms with van der Waals surface area (Å²) in [5, 5.41) is 6.88. The Morgan fingerprint density at radius 2 is 2.19 bits per heavy atom. The average molecular weight is 358 g/mol. The van der Waals surface area contributed by atoms with Crippen molar-refractivity contribution >= 4 is 11.6 Å². The number of rotatable bonds is 8. The highest BCUT2D eigenvalue weighted by Gasteiger charge is 2.36. The number of guanidine groups is 1. The van der Waals surface area contributed by atoms with E-state index in [0.29, 0.717) is 12.0 Å². The number of nitrogens with one attached hydrogen (secondary N) is 2. The minimum atomic E-state index is 0.367. The van der Waals surface area contributed by atoms with Crippen molar-refractivity contribution < 1.29 is 4.74 Å². The minimum Gasteiger partial charge on any atom is -0.385 e. The van der Waals surface area contributed by atoms with E-state index in [4.69, 9.17) is 9.73 Å². The summed E-state index contributed by atoms with van der Waals surface area (Å²) >= 11 is 0. The van der Waals surface area contributed by atoms with Crippen molar-refractivity contribution in [1.29, 1.82) is 0 Å². The van der Waals surface area contributed by atoms with Crippen LogP contribution in [0, 0.1) is 12.3 Å². The zero-order chi connectivity index (χ0) is 18.4. The number of pyridine rings is 1. The van der Waals surface area contributed by atoms with Gasteiger partial charge in [-0.2, -0.15) is 0 Å². The third kappa shape index (κ3) is 4.36. The average Bonchev–Trinajstić information content (AvgIpc) is 3.03. The fourth-order valence-corrected chi connectivity index (χ4v) is 3.56. The Bertz CT molecular complexity index is 748. The second-order valence-corrected chi connectivity index (χ2v) is 7.27. The van der Waals surface area contributed by atoms with Crippen LogP contribution in [-0.2, 0) is 11.3 Å². The van der Waals surface area contributed by atoms with Crippen molar-refractivity contribution in [3.63, 3.8) is 0 Å². The second-order valence-electron chi connectivity index (χ2n) is 7.27. The molecule has 1 saturated carbocycles. The number of hydrogen-bond donors (Lipinski definition) is 2. The zero-order valence-corrected chi connectivity index (χ0v) is 16.2. The predicted octanol–water partition coefficient (Wildman–Crippen LogP) is 2.90. The topological polar surface area (TPSA) is 63.0 Å². The summed E-state index contributed by atoms with van der Waals surface area (Å²) in [6, 6.07) is 6.15. The van der Waals surface area contributed by atoms with Crippen LogP contribution in [0.3, 0.4) is 0 Å². The standard InChI is InChI=1S/C20H31N5O/c1-4-21-19(23-15-20(9-6-10-20)11-12-26-3)22-13-17-14-25-16(2)7-5-8-18(25)24-17/h5,7-8,14H,4,6,9-13,15H2,1-3H3,(H2,21,22,23). The molecule has 0 amide bonds. The number of aryl methyl sites for hydroxylation is 1. The molecule has 2 heterocycles. The Labute approximate surface area is 156 Å². The van der Waals surface area contributed by atoms with E-state index in [9.17, 15) is 0 Å². The summed E-state index contributed by atoms with van der Waals surface area (Å²) in [6.45, 7) is 7.38. The van der Waals surface area contributed by atoms with Gasteiger partial charge >= 0.3 is 0 Å². The Balaban J connectivity index is 1.63. The maximum absolute atomic E-state index is 5.29. The molecule has 1 fully saturated rings. The highest BCUT2D eigenvalue weighted by molar-refractivity contribution is 5.79. The first kappa shape index (κ1) is 18.7. The molecular weight excluding hydrogens is 326 g/mol. The summed E-state index contributed by atoms with van der Waals surface area (Å²) < 4.78 is 7.40. The maximum Gasteiger partial charge on any atom is 0.191 e. The first-order chi connectivity index (χ1) is 12.7. The summed E-state index contributed by atoms with van der Waals surface area (Å²) in [5.74, 6) is 0.866. The number of methoxy groups -OCH3 is 1. The molecule has 1 aliphatic carbocycles. The Hall–Kier alpha value is -2.08. The molecule has 0 radical (unpaired) electrons. The van der Waals surface area contributed by atoms with Crippen molar-refractivity contribution in [2.75, 3.05) is 26.8 Å². The zero-order valence-electron chi connectivity index (χ0n) is 16.2. The van der Waals surface area contributed by atoms with Crippen molar-refractivity contribution in [2.24, 2.45) is 10.4 Å². The van der Waals surface area contributed by atoms with E-state index in [-0.39, 0.29) is 0 Å². The van der Waals surface area contributed by atoms with Gasteiger partial charge in [-0.15, -0.1) is 0 Å². The second kappa shape index (κ2) is 8.54. The normalized spacial score (nSPS) is 16.5. The number of nitrogens with zero attached hydrogens (tertiary/aromatic N) is 3. The number of imidazole rings is 1. The van der Waals surface area contributed by atoms with Crippen molar-refractivity contribution in [3.05, 3.63) is 35.8 Å². The fraction of sp³-hybridized carbons (Fsp3) is 0.600. The van der Waals surface area contributed by atoms with Crippen LogP contribution < -0.4 is 10.6 Å². The highest BCUT2D eigenvalue weighted by Crippen LogP contribution is 2.43. The summed E-state index contributed by atoms with van der Waals surface area (Å²) in [7, 11) is 1.78. The van der Waals surface area contributed by atoms with Crippen LogP contribution in [0.15, 0.2) is 29.4 Å². The molecule has 0 aliphatic heterocycles. The number of ether oxygens (including phenoxy) is 1. The lowest BCUT2D eigenvalue weighted by atomic mass is 9.67. The van der Waals surface area contributed by atoms with Crippen molar-refractivity contribution in [1.82, 2.24) is 20.0 Å². The molecule has 2 aromatic rings. The third-order valence-electron chi connectivity index (χ3n) is 5.37. The lowest BCUT2D eigenvalue weighted by Crippen LogP contribution is -2.46. The van der Waals surface area contributed by atoms with Gasteiger partial charge in [0.2, 0.25) is 0 Å². The summed E-state index contributed by atoms with van der Waals surface area (Å²) in [4.78, 5) is 9.40. The van der Waals surface area contributed by atoms with E-state index >= 15 is 0 Å². The van der Waals surface area contributed by atoms with Gasteiger partial charge < -0.3 is 19.8 Å². The van der Waals surface area contributed by atoms with E-state index in [2.05, 4.69) is 46.1 Å². The van der Waals surface area contributed by atoms with Crippen LogP contribution >= 0.6 is 0 Å². The van der Waals surface area contributed by atoms with E-state index in [1.54, 1.807) is 7.11 Å². The number of aromatic nitrogens is 2. The first-order valence-corrected chi connectivity index (χ1v) is 9.60. The van der Waals surface area contributed by atoms with Crippen LogP contribution in [0.1, 0.15) is 44.0 Å². The molecular formula is C20H31N5O. The van der Waals surface area contributed by atoms with Gasteiger partial charge in [0, 0.05) is 38.7 Å². The molecule has 0 atom stereocenters. The van der Waals surface area contributed by atoms with Gasteiger partial charge in [-0.05, 0) is 50.7 Å². The highest BCUT2D eigenvalue weighted by atomic mass is 16.5. The van der Waals surface area contributed by atoms with Crippen LogP contribution in [0.5, 0.6) is 0 Å². The van der Waals surface area contributed by atoms with E-state index in [1.807, 2.05) is 12.1 Å². The number of aliphatic imine (C=N–C) groups is 1. The third-order valence-corrected chi connectivity index (χ3v) is 5.37. The van der Waals surface area contributed by atoms with Gasteiger partial charge in [0.15, 0.2) is 5.96 Å². The SMILES string of the molecule is CCNC(=NCc1cn2c(C)cccc2n1)NCC1(CCOC)CCC1. The van der Waals surface area contributed by atoms with Gasteiger partial charge in [-0.3, -0.25) is 0 Å². The van der Waals surface area contributed by atoms with Crippen LogP contribution in [0.4, 0.5) is 0 Å². The smallest absolute Gasteiger partial charge is 0.191 e. The molecule has 0 spiro atoms. The summed E-state index contributed by atoms with van der Waals surface area (Å²) in [5.41, 5.74) is 3.50. The molecule has 6 nitrogen and oxygen atoms in total.